The number of fused-ring (bicyclic) bond motifs is 2. The summed E-state index contributed by atoms with van der Waals surface area (Å²) in [4.78, 5) is 74.7. The molecule has 1 unspecified atom stereocenters. The fourth-order valence-electron chi connectivity index (χ4n) is 10.9. The van der Waals surface area contributed by atoms with E-state index < -0.39 is 11.9 Å². The van der Waals surface area contributed by atoms with Crippen molar-refractivity contribution in [2.75, 3.05) is 77.3 Å². The Morgan fingerprint density at radius 1 is 0.754 bits per heavy atom. The number of rotatable bonds is 10. The number of urea groups is 1. The van der Waals surface area contributed by atoms with E-state index in [-0.39, 0.29) is 36.2 Å². The summed E-state index contributed by atoms with van der Waals surface area (Å²) in [6, 6.07) is 23.0. The molecule has 4 fully saturated rings. The molecule has 2 atom stereocenters. The molecular formula is C49H58N10O6. The minimum absolute atomic E-state index is 0.0938. The molecule has 4 saturated heterocycles. The number of aromatic nitrogens is 2. The third-order valence-corrected chi connectivity index (χ3v) is 14.6. The maximum Gasteiger partial charge on any atom is 0.320 e. The number of nitrogens with two attached hydrogens (primary N) is 1. The normalized spacial score (nSPS) is 22.3. The number of ether oxygens (including phenoxy) is 1. The van der Waals surface area contributed by atoms with Gasteiger partial charge in [0.2, 0.25) is 11.8 Å². The number of amides is 6. The number of para-hydroxylation sites is 1. The smallest absolute Gasteiger partial charge is 0.320 e. The summed E-state index contributed by atoms with van der Waals surface area (Å²) in [6.07, 6.45) is 5.34. The van der Waals surface area contributed by atoms with E-state index in [4.69, 9.17) is 15.6 Å². The van der Waals surface area contributed by atoms with Gasteiger partial charge in [0, 0.05) is 83.0 Å². The van der Waals surface area contributed by atoms with Crippen LogP contribution in [0.2, 0.25) is 0 Å². The average molecular weight is 883 g/mol. The second-order valence-corrected chi connectivity index (χ2v) is 18.5. The van der Waals surface area contributed by atoms with Crippen LogP contribution < -0.4 is 21.1 Å². The summed E-state index contributed by atoms with van der Waals surface area (Å²) in [6.45, 7) is 9.73. The Labute approximate surface area is 379 Å². The highest BCUT2D eigenvalue weighted by Crippen LogP contribution is 2.41. The molecule has 6 amide bonds. The molecule has 6 aliphatic heterocycles. The van der Waals surface area contributed by atoms with Gasteiger partial charge in [-0.3, -0.25) is 29.4 Å². The van der Waals surface area contributed by atoms with Gasteiger partial charge in [0.1, 0.15) is 34.6 Å². The first-order valence-electron chi connectivity index (χ1n) is 23.4. The summed E-state index contributed by atoms with van der Waals surface area (Å²) >= 11 is 0. The Hall–Kier alpha value is -6.26. The Bertz CT molecular complexity index is 2430. The lowest BCUT2D eigenvalue weighted by Gasteiger charge is -2.42. The zero-order valence-electron chi connectivity index (χ0n) is 36.8. The van der Waals surface area contributed by atoms with E-state index in [1.807, 2.05) is 75.1 Å². The van der Waals surface area contributed by atoms with Crippen LogP contribution in [0.15, 0.2) is 72.8 Å². The summed E-state index contributed by atoms with van der Waals surface area (Å²) in [5.74, 6) is 1.54. The van der Waals surface area contributed by atoms with Gasteiger partial charge in [-0.25, -0.2) is 9.48 Å². The van der Waals surface area contributed by atoms with E-state index in [1.54, 1.807) is 4.90 Å². The first-order valence-corrected chi connectivity index (χ1v) is 23.4. The number of imide groups is 1. The van der Waals surface area contributed by atoms with E-state index in [1.165, 1.54) is 5.56 Å². The van der Waals surface area contributed by atoms with Crippen molar-refractivity contribution in [1.29, 1.82) is 0 Å². The number of piperazine rings is 1. The van der Waals surface area contributed by atoms with Crippen LogP contribution in [0.3, 0.4) is 0 Å². The molecule has 0 saturated carbocycles. The van der Waals surface area contributed by atoms with Crippen LogP contribution in [0.4, 0.5) is 10.6 Å². The summed E-state index contributed by atoms with van der Waals surface area (Å²) in [5, 5.41) is 10.8. The predicted molar refractivity (Wildman–Crippen MR) is 243 cm³/mol. The molecule has 7 heterocycles. The molecule has 6 aliphatic rings. The number of primary amides is 1. The summed E-state index contributed by atoms with van der Waals surface area (Å²) in [5.41, 5.74) is 10.6. The van der Waals surface area contributed by atoms with Crippen LogP contribution >= 0.6 is 0 Å². The van der Waals surface area contributed by atoms with Gasteiger partial charge in [0.15, 0.2) is 0 Å². The molecule has 4 aromatic rings. The largest absolute Gasteiger partial charge is 0.457 e. The van der Waals surface area contributed by atoms with Gasteiger partial charge in [-0.2, -0.15) is 5.10 Å². The number of piperidine rings is 3. The monoisotopic (exact) mass is 882 g/mol. The molecule has 1 aromatic heterocycles. The Kier molecular flexibility index (Phi) is 12.0. The van der Waals surface area contributed by atoms with Crippen molar-refractivity contribution < 1.29 is 28.7 Å². The van der Waals surface area contributed by atoms with E-state index in [0.717, 1.165) is 108 Å². The average Bonchev–Trinajstić information content (AvgIpc) is 3.89. The van der Waals surface area contributed by atoms with Crippen LogP contribution in [0.5, 0.6) is 11.5 Å². The number of carbonyl (C=O) groups is 5. The minimum atomic E-state index is -0.597. The highest BCUT2D eigenvalue weighted by Gasteiger charge is 2.40. The van der Waals surface area contributed by atoms with Crippen LogP contribution in [-0.2, 0) is 16.1 Å². The number of carbonyl (C=O) groups excluding carboxylic acids is 5. The maximum atomic E-state index is 13.8. The highest BCUT2D eigenvalue weighted by atomic mass is 16.5. The second kappa shape index (κ2) is 18.3. The van der Waals surface area contributed by atoms with Crippen LogP contribution in [0.25, 0.3) is 11.3 Å². The molecule has 65 heavy (non-hydrogen) atoms. The first-order chi connectivity index (χ1) is 31.7. The molecule has 0 spiro atoms. The van der Waals surface area contributed by atoms with E-state index in [0.29, 0.717) is 66.3 Å². The van der Waals surface area contributed by atoms with Crippen molar-refractivity contribution in [3.63, 3.8) is 0 Å². The van der Waals surface area contributed by atoms with Gasteiger partial charge in [0.25, 0.3) is 11.8 Å². The molecular weight excluding hydrogens is 825 g/mol. The second-order valence-electron chi connectivity index (χ2n) is 18.5. The molecule has 4 N–H and O–H groups in total. The zero-order chi connectivity index (χ0) is 44.6. The van der Waals surface area contributed by atoms with Crippen LogP contribution in [-0.4, -0.2) is 142 Å². The Morgan fingerprint density at radius 3 is 2.15 bits per heavy atom. The number of benzene rings is 3. The quantitative estimate of drug-likeness (QED) is 0.186. The van der Waals surface area contributed by atoms with Crippen LogP contribution in [0.1, 0.15) is 88.7 Å². The first kappa shape index (κ1) is 42.7. The number of likely N-dealkylation sites (tertiary alicyclic amines) is 2. The number of nitrogens with one attached hydrogen (secondary N) is 2. The van der Waals surface area contributed by atoms with Crippen molar-refractivity contribution in [2.45, 2.75) is 69.5 Å². The molecule has 0 bridgehead atoms. The van der Waals surface area contributed by atoms with E-state index in [9.17, 15) is 24.0 Å². The molecule has 16 heteroatoms. The molecule has 3 aromatic carbocycles. The highest BCUT2D eigenvalue weighted by molar-refractivity contribution is 6.05. The van der Waals surface area contributed by atoms with Crippen molar-refractivity contribution in [3.05, 3.63) is 95.1 Å². The van der Waals surface area contributed by atoms with Crippen molar-refractivity contribution in [2.24, 2.45) is 11.7 Å². The Morgan fingerprint density at radius 2 is 1.45 bits per heavy atom. The van der Waals surface area contributed by atoms with Crippen molar-refractivity contribution >= 4 is 35.5 Å². The van der Waals surface area contributed by atoms with Crippen LogP contribution in [0, 0.1) is 5.92 Å². The van der Waals surface area contributed by atoms with Gasteiger partial charge in [-0.15, -0.1) is 0 Å². The lowest BCUT2D eigenvalue weighted by Crippen LogP contribution is -2.55. The minimum Gasteiger partial charge on any atom is -0.457 e. The lowest BCUT2D eigenvalue weighted by molar-refractivity contribution is -0.136. The van der Waals surface area contributed by atoms with Gasteiger partial charge < -0.3 is 35.4 Å². The van der Waals surface area contributed by atoms with E-state index >= 15 is 0 Å². The summed E-state index contributed by atoms with van der Waals surface area (Å²) in [7, 11) is 0. The lowest BCUT2D eigenvalue weighted by atomic mass is 9.87. The SMILES string of the molecule is NC(=O)c1c(-c2ccc(Oc3ccccc3)cc2)nn2c1NCC[C@H]2C1CCN(C(=O)N2CCN(CCN3CCC(c4ccc5c(c4)CN(C4CCC(=O)NC4=O)C5=O)CC3)CC2)CC1. The number of anilines is 1. The molecule has 340 valence electrons. The molecule has 0 radical (unpaired) electrons. The van der Waals surface area contributed by atoms with Crippen molar-refractivity contribution in [3.8, 4) is 22.8 Å². The fourth-order valence-corrected chi connectivity index (χ4v) is 10.9. The topological polar surface area (TPSA) is 179 Å². The predicted octanol–water partition coefficient (Wildman–Crippen LogP) is 4.89. The number of hydrogen-bond donors (Lipinski definition) is 3. The zero-order valence-corrected chi connectivity index (χ0v) is 36.8. The molecule has 16 nitrogen and oxygen atoms in total. The third kappa shape index (κ3) is 8.80. The number of hydrogen-bond acceptors (Lipinski definition) is 10. The standard InChI is InChI=1S/C49H58N10O6/c50-45(61)43-44(34-6-9-38(10-7-34)65-37-4-2-1-3-5-37)53-59-40(14-19-51-46(43)59)33-17-22-56(23-18-33)49(64)57-28-26-55(27-29-57)25-24-54-20-15-32(16-21-54)35-8-11-39-36(30-35)31-58(48(39)63)41-12-13-42(60)52-47(41)62/h1-11,30,32-33,40-41,51H,12-29,31H2,(H2,50,61)(H,52,60,62)/t40-,41?/m0/s1. The fraction of sp³-hybridized carbons (Fsp3) is 0.469. The van der Waals surface area contributed by atoms with Gasteiger partial charge in [-0.1, -0.05) is 30.3 Å². The summed E-state index contributed by atoms with van der Waals surface area (Å²) < 4.78 is 7.96. The van der Waals surface area contributed by atoms with E-state index in [2.05, 4.69) is 32.6 Å². The van der Waals surface area contributed by atoms with Gasteiger partial charge in [0.05, 0.1) is 6.04 Å². The third-order valence-electron chi connectivity index (χ3n) is 14.6. The van der Waals surface area contributed by atoms with Gasteiger partial charge >= 0.3 is 6.03 Å². The number of nitrogens with zero attached hydrogens (tertiary/aromatic N) is 7. The van der Waals surface area contributed by atoms with Crippen molar-refractivity contribution in [1.82, 2.24) is 39.6 Å². The molecule has 0 aliphatic carbocycles. The molecule has 10 rings (SSSR count). The Balaban J connectivity index is 0.669. The van der Waals surface area contributed by atoms with Gasteiger partial charge in [-0.05, 0) is 117 Å². The maximum absolute atomic E-state index is 13.8.